The highest BCUT2D eigenvalue weighted by molar-refractivity contribution is 9.10. The maximum atomic E-state index is 4.17. The van der Waals surface area contributed by atoms with Gasteiger partial charge in [0.1, 0.15) is 0 Å². The van der Waals surface area contributed by atoms with Gasteiger partial charge in [0.15, 0.2) is 4.60 Å². The molecule has 1 fully saturated rings. The van der Waals surface area contributed by atoms with Gasteiger partial charge < -0.3 is 5.32 Å². The molecule has 0 spiro atoms. The average molecular weight is 358 g/mol. The van der Waals surface area contributed by atoms with Crippen LogP contribution in [-0.2, 0) is 7.05 Å². The minimum Gasteiger partial charge on any atom is -0.307 e. The summed E-state index contributed by atoms with van der Waals surface area (Å²) in [6.45, 7) is 10.1. The quantitative estimate of drug-likeness (QED) is 0.879. The summed E-state index contributed by atoms with van der Waals surface area (Å²) in [6.07, 6.45) is 5.31. The smallest absolute Gasteiger partial charge is 0.153 e. The predicted molar refractivity (Wildman–Crippen MR) is 89.2 cm³/mol. The van der Waals surface area contributed by atoms with Crippen LogP contribution in [0, 0.1) is 0 Å². The number of nitrogens with zero attached hydrogens (tertiary/aromatic N) is 4. The molecule has 0 amide bonds. The number of rotatable bonds is 5. The summed E-state index contributed by atoms with van der Waals surface area (Å²) < 4.78 is 2.73. The Bertz CT molecular complexity index is 429. The van der Waals surface area contributed by atoms with Gasteiger partial charge in [-0.05, 0) is 62.3 Å². The summed E-state index contributed by atoms with van der Waals surface area (Å²) in [5.41, 5.74) is 1.16. The first-order valence-electron chi connectivity index (χ1n) is 8.02. The maximum absolute atomic E-state index is 4.17. The van der Waals surface area contributed by atoms with Gasteiger partial charge in [0, 0.05) is 12.6 Å². The van der Waals surface area contributed by atoms with Crippen molar-refractivity contribution in [1.82, 2.24) is 25.2 Å². The number of aryl methyl sites for hydroxylation is 1. The topological polar surface area (TPSA) is 46.0 Å². The van der Waals surface area contributed by atoms with E-state index in [9.17, 15) is 0 Å². The van der Waals surface area contributed by atoms with Gasteiger partial charge in [-0.1, -0.05) is 25.0 Å². The highest BCUT2D eigenvalue weighted by atomic mass is 79.9. The molecule has 1 aliphatic heterocycles. The largest absolute Gasteiger partial charge is 0.307 e. The van der Waals surface area contributed by atoms with E-state index in [4.69, 9.17) is 0 Å². The lowest BCUT2D eigenvalue weighted by Gasteiger charge is -2.44. The van der Waals surface area contributed by atoms with Crippen molar-refractivity contribution in [3.8, 4) is 0 Å². The third-order valence-electron chi connectivity index (χ3n) is 4.64. The Balaban J connectivity index is 2.31. The molecule has 0 bridgehead atoms. The predicted octanol–water partition coefficient (Wildman–Crippen LogP) is 2.88. The summed E-state index contributed by atoms with van der Waals surface area (Å²) in [4.78, 5) is 2.63. The molecule has 5 nitrogen and oxygen atoms in total. The second kappa shape index (κ2) is 7.20. The summed E-state index contributed by atoms with van der Waals surface area (Å²) in [6, 6.07) is 0.204. The molecule has 1 unspecified atom stereocenters. The highest BCUT2D eigenvalue weighted by Gasteiger charge is 2.39. The van der Waals surface area contributed by atoms with Crippen LogP contribution in [0.2, 0.25) is 0 Å². The van der Waals surface area contributed by atoms with E-state index in [0.717, 1.165) is 16.8 Å². The number of likely N-dealkylation sites (tertiary alicyclic amines) is 1. The number of likely N-dealkylation sites (N-methyl/N-ethyl adjacent to an activating group) is 1. The molecule has 2 heterocycles. The van der Waals surface area contributed by atoms with E-state index in [1.165, 1.54) is 38.8 Å². The van der Waals surface area contributed by atoms with Crippen LogP contribution in [0.3, 0.4) is 0 Å². The highest BCUT2D eigenvalue weighted by Crippen LogP contribution is 2.35. The monoisotopic (exact) mass is 357 g/mol. The number of halogens is 1. The molecule has 1 atom stereocenters. The van der Waals surface area contributed by atoms with Crippen molar-refractivity contribution in [3.05, 3.63) is 10.3 Å². The first-order valence-corrected chi connectivity index (χ1v) is 8.81. The van der Waals surface area contributed by atoms with Crippen LogP contribution in [0.5, 0.6) is 0 Å². The van der Waals surface area contributed by atoms with Crippen molar-refractivity contribution in [2.75, 3.05) is 19.6 Å². The molecular formula is C15H28BrN5. The third-order valence-corrected chi connectivity index (χ3v) is 5.20. The van der Waals surface area contributed by atoms with Crippen molar-refractivity contribution in [2.24, 2.45) is 7.05 Å². The maximum Gasteiger partial charge on any atom is 0.153 e. The van der Waals surface area contributed by atoms with Gasteiger partial charge in [0.2, 0.25) is 0 Å². The van der Waals surface area contributed by atoms with Crippen molar-refractivity contribution >= 4 is 15.9 Å². The van der Waals surface area contributed by atoms with Gasteiger partial charge in [-0.2, -0.15) is 0 Å². The Morgan fingerprint density at radius 3 is 2.33 bits per heavy atom. The number of nitrogens with one attached hydrogen (secondary N) is 1. The van der Waals surface area contributed by atoms with Crippen molar-refractivity contribution < 1.29 is 0 Å². The van der Waals surface area contributed by atoms with Crippen LogP contribution in [0.4, 0.5) is 0 Å². The molecule has 21 heavy (non-hydrogen) atoms. The van der Waals surface area contributed by atoms with Crippen LogP contribution in [0.15, 0.2) is 4.60 Å². The zero-order valence-electron chi connectivity index (χ0n) is 13.7. The number of aromatic nitrogens is 3. The minimum absolute atomic E-state index is 0.0261. The lowest BCUT2D eigenvalue weighted by Crippen LogP contribution is -2.53. The molecule has 1 aromatic heterocycles. The molecule has 1 aliphatic rings. The Morgan fingerprint density at radius 1 is 1.24 bits per heavy atom. The van der Waals surface area contributed by atoms with E-state index in [2.05, 4.69) is 57.2 Å². The second-order valence-electron chi connectivity index (χ2n) is 6.43. The molecule has 1 saturated heterocycles. The van der Waals surface area contributed by atoms with Crippen LogP contribution in [0.1, 0.15) is 58.2 Å². The van der Waals surface area contributed by atoms with E-state index in [1.807, 2.05) is 11.7 Å². The third kappa shape index (κ3) is 3.66. The van der Waals surface area contributed by atoms with Crippen LogP contribution < -0.4 is 5.32 Å². The van der Waals surface area contributed by atoms with Gasteiger partial charge in [-0.3, -0.25) is 4.90 Å². The molecule has 1 aromatic rings. The number of hydrogen-bond acceptors (Lipinski definition) is 4. The summed E-state index contributed by atoms with van der Waals surface area (Å²) in [5.74, 6) is 0. The first kappa shape index (κ1) is 16.9. The lowest BCUT2D eigenvalue weighted by molar-refractivity contribution is 0.0806. The standard InChI is InChI=1S/C15H28BrN5/c1-5-17-13(12-14(16)18-19-20(12)4)15(2,3)21-10-8-6-7-9-11-21/h13,17H,5-11H2,1-4H3. The first-order chi connectivity index (χ1) is 9.98. The Kier molecular flexibility index (Phi) is 5.80. The van der Waals surface area contributed by atoms with Crippen LogP contribution >= 0.6 is 15.9 Å². The zero-order valence-corrected chi connectivity index (χ0v) is 15.3. The van der Waals surface area contributed by atoms with Gasteiger partial charge in [0.05, 0.1) is 11.7 Å². The molecule has 6 heteroatoms. The molecule has 0 saturated carbocycles. The van der Waals surface area contributed by atoms with Crippen LogP contribution in [-0.4, -0.2) is 45.1 Å². The van der Waals surface area contributed by atoms with Crippen molar-refractivity contribution in [1.29, 1.82) is 0 Å². The fourth-order valence-corrected chi connectivity index (χ4v) is 3.92. The molecular weight excluding hydrogens is 330 g/mol. The van der Waals surface area contributed by atoms with Crippen molar-refractivity contribution in [2.45, 2.75) is 58.0 Å². The number of hydrogen-bond donors (Lipinski definition) is 1. The fraction of sp³-hybridized carbons (Fsp3) is 0.867. The van der Waals surface area contributed by atoms with E-state index in [0.29, 0.717) is 0 Å². The lowest BCUT2D eigenvalue weighted by atomic mass is 9.89. The van der Waals surface area contributed by atoms with Gasteiger partial charge in [0.25, 0.3) is 0 Å². The normalized spacial score (nSPS) is 19.5. The molecule has 0 aromatic carbocycles. The van der Waals surface area contributed by atoms with Crippen molar-refractivity contribution in [3.63, 3.8) is 0 Å². The van der Waals surface area contributed by atoms with E-state index in [1.54, 1.807) is 0 Å². The fourth-order valence-electron chi connectivity index (χ4n) is 3.36. The van der Waals surface area contributed by atoms with Gasteiger partial charge in [-0.15, -0.1) is 5.10 Å². The van der Waals surface area contributed by atoms with Gasteiger partial charge >= 0.3 is 0 Å². The average Bonchev–Trinajstić information content (AvgIpc) is 2.68. The van der Waals surface area contributed by atoms with Crippen LogP contribution in [0.25, 0.3) is 0 Å². The summed E-state index contributed by atoms with van der Waals surface area (Å²) in [7, 11) is 1.97. The van der Waals surface area contributed by atoms with E-state index in [-0.39, 0.29) is 11.6 Å². The summed E-state index contributed by atoms with van der Waals surface area (Å²) >= 11 is 3.57. The molecule has 2 rings (SSSR count). The minimum atomic E-state index is 0.0261. The molecule has 1 N–H and O–H groups in total. The molecule has 0 radical (unpaired) electrons. The molecule has 120 valence electrons. The second-order valence-corrected chi connectivity index (χ2v) is 7.19. The Morgan fingerprint density at radius 2 is 1.86 bits per heavy atom. The SMILES string of the molecule is CCNC(c1c(Br)nnn1C)C(C)(C)N1CCCCCC1. The van der Waals surface area contributed by atoms with Gasteiger partial charge in [-0.25, -0.2) is 4.68 Å². The van der Waals surface area contributed by atoms with E-state index >= 15 is 0 Å². The Hall–Kier alpha value is -0.460. The Labute approximate surface area is 136 Å². The zero-order chi connectivity index (χ0) is 15.5. The van der Waals surface area contributed by atoms with E-state index < -0.39 is 0 Å². The summed E-state index contributed by atoms with van der Waals surface area (Å²) in [5, 5.41) is 12.0. The molecule has 0 aliphatic carbocycles.